The van der Waals surface area contributed by atoms with E-state index >= 15 is 0 Å². The number of benzene rings is 1. The molecule has 3 N–H and O–H groups in total. The summed E-state index contributed by atoms with van der Waals surface area (Å²) in [6.07, 6.45) is 0.750. The van der Waals surface area contributed by atoms with Gasteiger partial charge in [-0.3, -0.25) is 9.59 Å². The minimum Gasteiger partial charge on any atom is -0.493 e. The number of carbonyl (C=O) groups is 2. The third-order valence-electron chi connectivity index (χ3n) is 3.35. The summed E-state index contributed by atoms with van der Waals surface area (Å²) in [6.45, 7) is 0.589. The van der Waals surface area contributed by atoms with E-state index in [1.807, 2.05) is 24.3 Å². The van der Waals surface area contributed by atoms with Crippen LogP contribution in [0.15, 0.2) is 32.9 Å². The van der Waals surface area contributed by atoms with Gasteiger partial charge < -0.3 is 15.8 Å². The molecule has 0 bridgehead atoms. The minimum absolute atomic E-state index is 0.0332. The van der Waals surface area contributed by atoms with Gasteiger partial charge in [0.1, 0.15) is 5.75 Å². The first-order valence-corrected chi connectivity index (χ1v) is 10.3. The Morgan fingerprint density at radius 3 is 2.72 bits per heavy atom. The zero-order valence-corrected chi connectivity index (χ0v) is 15.6. The number of amides is 2. The monoisotopic (exact) mass is 396 g/mol. The number of nitrogens with two attached hydrogens (primary N) is 1. The number of aromatic nitrogens is 2. The average molecular weight is 397 g/mol. The molecular formula is C15H16N4O3S3. The normalized spacial score (nSPS) is 15.9. The highest BCUT2D eigenvalue weighted by Crippen LogP contribution is 2.32. The zero-order valence-electron chi connectivity index (χ0n) is 13.1. The smallest absolute Gasteiger partial charge is 0.230 e. The standard InChI is InChI=1S/C15H16N4O3S3/c16-12(20)7-23-14-18-19-15(25-14)24-8-13(21)17-10-5-6-22-11-4-2-1-3-9(10)11/h1-4,10H,5-8H2,(H2,16,20)(H,17,21)/t10-/m1/s1. The summed E-state index contributed by atoms with van der Waals surface area (Å²) < 4.78 is 6.95. The number of rotatable bonds is 7. The molecule has 3 rings (SSSR count). The molecule has 25 heavy (non-hydrogen) atoms. The molecule has 0 radical (unpaired) electrons. The molecule has 1 atom stereocenters. The van der Waals surface area contributed by atoms with E-state index in [4.69, 9.17) is 10.5 Å². The highest BCUT2D eigenvalue weighted by atomic mass is 32.2. The molecule has 1 aromatic heterocycles. The van der Waals surface area contributed by atoms with Crippen molar-refractivity contribution in [2.24, 2.45) is 5.73 Å². The van der Waals surface area contributed by atoms with Crippen molar-refractivity contribution in [1.82, 2.24) is 15.5 Å². The lowest BCUT2D eigenvalue weighted by Gasteiger charge is -2.26. The molecule has 7 nitrogen and oxygen atoms in total. The van der Waals surface area contributed by atoms with Crippen LogP contribution in [0.1, 0.15) is 18.0 Å². The van der Waals surface area contributed by atoms with Gasteiger partial charge in [-0.05, 0) is 6.07 Å². The first-order chi connectivity index (χ1) is 12.1. The van der Waals surface area contributed by atoms with E-state index < -0.39 is 5.91 Å². The number of nitrogens with one attached hydrogen (secondary N) is 1. The summed E-state index contributed by atoms with van der Waals surface area (Å²) in [5, 5.41) is 11.0. The number of carbonyl (C=O) groups excluding carboxylic acids is 2. The Hall–Kier alpha value is -1.78. The highest BCUT2D eigenvalue weighted by molar-refractivity contribution is 8.03. The Balaban J connectivity index is 1.50. The number of hydrogen-bond acceptors (Lipinski definition) is 8. The fourth-order valence-electron chi connectivity index (χ4n) is 2.30. The van der Waals surface area contributed by atoms with Crippen molar-refractivity contribution in [3.8, 4) is 5.75 Å². The summed E-state index contributed by atoms with van der Waals surface area (Å²) in [6, 6.07) is 7.71. The molecule has 0 saturated heterocycles. The van der Waals surface area contributed by atoms with Gasteiger partial charge in [0.2, 0.25) is 11.8 Å². The van der Waals surface area contributed by atoms with Gasteiger partial charge in [-0.25, -0.2) is 0 Å². The fourth-order valence-corrected chi connectivity index (χ4v) is 4.87. The van der Waals surface area contributed by atoms with Gasteiger partial charge in [-0.2, -0.15) is 0 Å². The summed E-state index contributed by atoms with van der Waals surface area (Å²) in [5.74, 6) is 0.795. The van der Waals surface area contributed by atoms with E-state index in [0.717, 1.165) is 17.7 Å². The van der Waals surface area contributed by atoms with Crippen LogP contribution in [0, 0.1) is 0 Å². The maximum atomic E-state index is 12.2. The number of fused-ring (bicyclic) bond motifs is 1. The molecule has 2 heterocycles. The number of hydrogen-bond donors (Lipinski definition) is 2. The lowest BCUT2D eigenvalue weighted by molar-refractivity contribution is -0.119. The van der Waals surface area contributed by atoms with Crippen LogP contribution in [-0.4, -0.2) is 40.1 Å². The largest absolute Gasteiger partial charge is 0.493 e. The van der Waals surface area contributed by atoms with Crippen molar-refractivity contribution in [3.63, 3.8) is 0 Å². The molecule has 1 aromatic carbocycles. The molecule has 0 fully saturated rings. The Bertz CT molecular complexity index is 768. The Kier molecular flexibility index (Phi) is 6.16. The molecule has 132 valence electrons. The van der Waals surface area contributed by atoms with Crippen molar-refractivity contribution >= 4 is 46.7 Å². The van der Waals surface area contributed by atoms with Crippen molar-refractivity contribution in [2.45, 2.75) is 21.1 Å². The average Bonchev–Trinajstić information content (AvgIpc) is 3.06. The number of para-hydroxylation sites is 1. The highest BCUT2D eigenvalue weighted by Gasteiger charge is 2.22. The van der Waals surface area contributed by atoms with Gasteiger partial charge in [-0.15, -0.1) is 10.2 Å². The Morgan fingerprint density at radius 1 is 1.24 bits per heavy atom. The van der Waals surface area contributed by atoms with E-state index in [1.54, 1.807) is 0 Å². The topological polar surface area (TPSA) is 107 Å². The second-order valence-corrected chi connectivity index (χ2v) is 8.60. The summed E-state index contributed by atoms with van der Waals surface area (Å²) in [4.78, 5) is 23.0. The summed E-state index contributed by atoms with van der Waals surface area (Å²) in [7, 11) is 0. The summed E-state index contributed by atoms with van der Waals surface area (Å²) in [5.41, 5.74) is 6.11. The van der Waals surface area contributed by atoms with Crippen LogP contribution in [0.2, 0.25) is 0 Å². The van der Waals surface area contributed by atoms with E-state index in [1.165, 1.54) is 34.9 Å². The Morgan fingerprint density at radius 2 is 1.96 bits per heavy atom. The number of primary amides is 1. The second-order valence-electron chi connectivity index (χ2n) is 5.17. The van der Waals surface area contributed by atoms with E-state index in [0.29, 0.717) is 15.3 Å². The van der Waals surface area contributed by atoms with Crippen molar-refractivity contribution in [1.29, 1.82) is 0 Å². The molecule has 0 aliphatic carbocycles. The van der Waals surface area contributed by atoms with Crippen LogP contribution < -0.4 is 15.8 Å². The molecule has 2 amide bonds. The first kappa shape index (κ1) is 18.0. The predicted octanol–water partition coefficient (Wildman–Crippen LogP) is 1.85. The molecule has 0 spiro atoms. The van der Waals surface area contributed by atoms with Gasteiger partial charge in [0.15, 0.2) is 8.68 Å². The van der Waals surface area contributed by atoms with Crippen LogP contribution in [-0.2, 0) is 9.59 Å². The maximum Gasteiger partial charge on any atom is 0.230 e. The predicted molar refractivity (Wildman–Crippen MR) is 98.0 cm³/mol. The van der Waals surface area contributed by atoms with Gasteiger partial charge in [-0.1, -0.05) is 53.1 Å². The van der Waals surface area contributed by atoms with Crippen LogP contribution in [0.4, 0.5) is 0 Å². The maximum absolute atomic E-state index is 12.2. The van der Waals surface area contributed by atoms with Gasteiger partial charge >= 0.3 is 0 Å². The van der Waals surface area contributed by atoms with E-state index in [-0.39, 0.29) is 23.5 Å². The molecule has 0 unspecified atom stereocenters. The van der Waals surface area contributed by atoms with Crippen LogP contribution in [0.3, 0.4) is 0 Å². The van der Waals surface area contributed by atoms with E-state index in [9.17, 15) is 9.59 Å². The van der Waals surface area contributed by atoms with Crippen molar-refractivity contribution in [2.75, 3.05) is 18.1 Å². The Labute approximate surface area is 157 Å². The molecule has 0 saturated carbocycles. The number of thioether (sulfide) groups is 2. The third-order valence-corrected chi connectivity index (χ3v) is 6.56. The molecule has 1 aliphatic heterocycles. The molecular weight excluding hydrogens is 380 g/mol. The fraction of sp³-hybridized carbons (Fsp3) is 0.333. The molecule has 2 aromatic rings. The van der Waals surface area contributed by atoms with Crippen LogP contribution >= 0.6 is 34.9 Å². The SMILES string of the molecule is NC(=O)CSc1nnc(SCC(=O)N[C@@H]2CCOc3ccccc32)s1. The van der Waals surface area contributed by atoms with Gasteiger partial charge in [0, 0.05) is 12.0 Å². The van der Waals surface area contributed by atoms with Crippen LogP contribution in [0.5, 0.6) is 5.75 Å². The lowest BCUT2D eigenvalue weighted by Crippen LogP contribution is -2.33. The van der Waals surface area contributed by atoms with Crippen LogP contribution in [0.25, 0.3) is 0 Å². The zero-order chi connectivity index (χ0) is 17.6. The minimum atomic E-state index is -0.398. The van der Waals surface area contributed by atoms with E-state index in [2.05, 4.69) is 15.5 Å². The summed E-state index contributed by atoms with van der Waals surface area (Å²) >= 11 is 3.92. The van der Waals surface area contributed by atoms with Gasteiger partial charge in [0.25, 0.3) is 0 Å². The van der Waals surface area contributed by atoms with Crippen molar-refractivity contribution < 1.29 is 14.3 Å². The second kappa shape index (κ2) is 8.54. The quantitative estimate of drug-likeness (QED) is 0.688. The first-order valence-electron chi connectivity index (χ1n) is 7.50. The van der Waals surface area contributed by atoms with Crippen molar-refractivity contribution in [3.05, 3.63) is 29.8 Å². The third kappa shape index (κ3) is 5.10. The number of nitrogens with zero attached hydrogens (tertiary/aromatic N) is 2. The van der Waals surface area contributed by atoms with Gasteiger partial charge in [0.05, 0.1) is 24.2 Å². The molecule has 10 heteroatoms. The lowest BCUT2D eigenvalue weighted by atomic mass is 10.0. The number of ether oxygens (including phenoxy) is 1. The molecule has 1 aliphatic rings.